The molecule has 1 saturated heterocycles. The number of rotatable bonds is 3. The number of fused-ring (bicyclic) bond motifs is 1. The van der Waals surface area contributed by atoms with E-state index in [-0.39, 0.29) is 0 Å². The van der Waals surface area contributed by atoms with Gasteiger partial charge < -0.3 is 9.64 Å². The summed E-state index contributed by atoms with van der Waals surface area (Å²) < 4.78 is 8.40. The molecule has 2 aromatic rings. The van der Waals surface area contributed by atoms with E-state index in [2.05, 4.69) is 38.0 Å². The van der Waals surface area contributed by atoms with Gasteiger partial charge in [0.2, 0.25) is 5.88 Å². The van der Waals surface area contributed by atoms with Crippen molar-refractivity contribution >= 4 is 21.6 Å². The predicted molar refractivity (Wildman–Crippen MR) is 76.4 cm³/mol. The van der Waals surface area contributed by atoms with Crippen LogP contribution in [0.25, 0.3) is 5.65 Å². The molecule has 2 aromatic heterocycles. The number of nitrogens with zero attached hydrogens (tertiary/aromatic N) is 4. The monoisotopic (exact) mass is 324 g/mol. The van der Waals surface area contributed by atoms with Gasteiger partial charge in [-0.15, -0.1) is 5.10 Å². The summed E-state index contributed by atoms with van der Waals surface area (Å²) >= 11 is 3.41. The Hall–Kier alpha value is -1.14. The Bertz CT molecular complexity index is 571. The Kier molecular flexibility index (Phi) is 3.70. The highest BCUT2D eigenvalue weighted by atomic mass is 79.9. The van der Waals surface area contributed by atoms with Gasteiger partial charge in [0.25, 0.3) is 0 Å². The minimum absolute atomic E-state index is 0.600. The second-order valence-corrected chi connectivity index (χ2v) is 5.92. The fourth-order valence-electron chi connectivity index (χ4n) is 2.52. The minimum Gasteiger partial charge on any atom is -0.476 e. The molecule has 0 radical (unpaired) electrons. The number of ether oxygens (including phenoxy) is 1. The Balaban J connectivity index is 1.66. The molecular weight excluding hydrogens is 308 g/mol. The van der Waals surface area contributed by atoms with Gasteiger partial charge in [-0.1, -0.05) is 0 Å². The lowest BCUT2D eigenvalue weighted by molar-refractivity contribution is 0.146. The van der Waals surface area contributed by atoms with E-state index in [9.17, 15) is 0 Å². The Morgan fingerprint density at radius 1 is 1.47 bits per heavy atom. The molecule has 0 aromatic carbocycles. The molecule has 3 rings (SSSR count). The normalized spacial score (nSPS) is 20.8. The average molecular weight is 325 g/mol. The van der Waals surface area contributed by atoms with Crippen molar-refractivity contribution in [2.75, 3.05) is 26.7 Å². The standard InChI is InChI=1S/C13H17BrN4O/c1-17-6-2-3-10(8-17)9-19-13-5-4-12-15-7-11(14)18(12)16-13/h4-5,7,10H,2-3,6,8-9H2,1H3. The third kappa shape index (κ3) is 2.90. The van der Waals surface area contributed by atoms with Crippen molar-refractivity contribution in [1.82, 2.24) is 19.5 Å². The minimum atomic E-state index is 0.600. The SMILES string of the molecule is CN1CCCC(COc2ccc3ncc(Br)n3n2)C1. The van der Waals surface area contributed by atoms with Crippen molar-refractivity contribution in [3.63, 3.8) is 0 Å². The van der Waals surface area contributed by atoms with Gasteiger partial charge in [-0.2, -0.15) is 0 Å². The van der Waals surface area contributed by atoms with E-state index in [4.69, 9.17) is 4.74 Å². The van der Waals surface area contributed by atoms with Gasteiger partial charge in [-0.05, 0) is 48.4 Å². The largest absolute Gasteiger partial charge is 0.476 e. The fraction of sp³-hybridized carbons (Fsp3) is 0.538. The smallest absolute Gasteiger partial charge is 0.231 e. The van der Waals surface area contributed by atoms with Crippen LogP contribution in [0.1, 0.15) is 12.8 Å². The molecule has 1 fully saturated rings. The first kappa shape index (κ1) is 12.9. The molecular formula is C13H17BrN4O. The number of likely N-dealkylation sites (tertiary alicyclic amines) is 1. The molecule has 1 unspecified atom stereocenters. The second kappa shape index (κ2) is 5.46. The third-order valence-electron chi connectivity index (χ3n) is 3.49. The van der Waals surface area contributed by atoms with Gasteiger partial charge in [-0.3, -0.25) is 0 Å². The summed E-state index contributed by atoms with van der Waals surface area (Å²) in [6.45, 7) is 3.04. The first-order valence-electron chi connectivity index (χ1n) is 6.54. The number of hydrogen-bond donors (Lipinski definition) is 0. The molecule has 0 amide bonds. The molecule has 0 spiro atoms. The van der Waals surface area contributed by atoms with Crippen molar-refractivity contribution < 1.29 is 4.74 Å². The van der Waals surface area contributed by atoms with Gasteiger partial charge in [0, 0.05) is 18.5 Å². The van der Waals surface area contributed by atoms with Crippen molar-refractivity contribution in [3.8, 4) is 5.88 Å². The number of aromatic nitrogens is 3. The molecule has 1 aliphatic heterocycles. The highest BCUT2D eigenvalue weighted by molar-refractivity contribution is 9.10. The second-order valence-electron chi connectivity index (χ2n) is 5.10. The molecule has 102 valence electrons. The zero-order valence-corrected chi connectivity index (χ0v) is 12.5. The molecule has 1 atom stereocenters. The zero-order valence-electron chi connectivity index (χ0n) is 10.9. The maximum absolute atomic E-state index is 5.82. The van der Waals surface area contributed by atoms with E-state index >= 15 is 0 Å². The summed E-state index contributed by atoms with van der Waals surface area (Å²) in [4.78, 5) is 6.57. The fourth-order valence-corrected chi connectivity index (χ4v) is 2.88. The number of piperidine rings is 1. The van der Waals surface area contributed by atoms with E-state index in [0.29, 0.717) is 11.8 Å². The van der Waals surface area contributed by atoms with Crippen molar-refractivity contribution in [3.05, 3.63) is 22.9 Å². The molecule has 0 aliphatic carbocycles. The topological polar surface area (TPSA) is 42.7 Å². The summed E-state index contributed by atoms with van der Waals surface area (Å²) in [5.41, 5.74) is 0.816. The van der Waals surface area contributed by atoms with Crippen molar-refractivity contribution in [2.45, 2.75) is 12.8 Å². The Labute approximate surface area is 120 Å². The Morgan fingerprint density at radius 3 is 3.21 bits per heavy atom. The summed E-state index contributed by atoms with van der Waals surface area (Å²) in [6, 6.07) is 3.79. The number of halogens is 1. The summed E-state index contributed by atoms with van der Waals surface area (Å²) in [5.74, 6) is 1.25. The van der Waals surface area contributed by atoms with Crippen LogP contribution in [0.3, 0.4) is 0 Å². The molecule has 0 saturated carbocycles. The van der Waals surface area contributed by atoms with E-state index in [0.717, 1.165) is 23.4 Å². The first-order chi connectivity index (χ1) is 9.22. The van der Waals surface area contributed by atoms with Crippen LogP contribution in [0.5, 0.6) is 5.88 Å². The van der Waals surface area contributed by atoms with Crippen LogP contribution in [0.2, 0.25) is 0 Å². The molecule has 1 aliphatic rings. The lowest BCUT2D eigenvalue weighted by Crippen LogP contribution is -2.34. The maximum atomic E-state index is 5.82. The van der Waals surface area contributed by atoms with Crippen LogP contribution in [0, 0.1) is 5.92 Å². The van der Waals surface area contributed by atoms with Crippen molar-refractivity contribution in [2.24, 2.45) is 5.92 Å². The van der Waals surface area contributed by atoms with Crippen LogP contribution in [-0.4, -0.2) is 46.2 Å². The molecule has 5 nitrogen and oxygen atoms in total. The van der Waals surface area contributed by atoms with E-state index in [1.165, 1.54) is 19.4 Å². The number of imidazole rings is 1. The number of hydrogen-bond acceptors (Lipinski definition) is 4. The molecule has 6 heteroatoms. The molecule has 0 bridgehead atoms. The van der Waals surface area contributed by atoms with Crippen LogP contribution < -0.4 is 4.74 Å². The average Bonchev–Trinajstić information content (AvgIpc) is 2.78. The highest BCUT2D eigenvalue weighted by Gasteiger charge is 2.18. The van der Waals surface area contributed by atoms with E-state index in [1.807, 2.05) is 12.1 Å². The zero-order chi connectivity index (χ0) is 13.2. The van der Waals surface area contributed by atoms with Crippen LogP contribution in [0.4, 0.5) is 0 Å². The summed E-state index contributed by atoms with van der Waals surface area (Å²) in [7, 11) is 2.17. The van der Waals surface area contributed by atoms with Gasteiger partial charge in [0.05, 0.1) is 12.8 Å². The maximum Gasteiger partial charge on any atom is 0.231 e. The summed E-state index contributed by atoms with van der Waals surface area (Å²) in [5, 5.41) is 4.41. The van der Waals surface area contributed by atoms with Crippen LogP contribution in [-0.2, 0) is 0 Å². The lowest BCUT2D eigenvalue weighted by Gasteiger charge is -2.29. The quantitative estimate of drug-likeness (QED) is 0.868. The van der Waals surface area contributed by atoms with Gasteiger partial charge >= 0.3 is 0 Å². The van der Waals surface area contributed by atoms with Gasteiger partial charge in [0.15, 0.2) is 5.65 Å². The van der Waals surface area contributed by atoms with Gasteiger partial charge in [0.1, 0.15) is 4.60 Å². The predicted octanol–water partition coefficient (Wildman–Crippen LogP) is 2.21. The van der Waals surface area contributed by atoms with E-state index in [1.54, 1.807) is 10.7 Å². The molecule has 3 heterocycles. The van der Waals surface area contributed by atoms with Crippen LogP contribution >= 0.6 is 15.9 Å². The highest BCUT2D eigenvalue weighted by Crippen LogP contribution is 2.18. The molecule has 19 heavy (non-hydrogen) atoms. The van der Waals surface area contributed by atoms with Crippen LogP contribution in [0.15, 0.2) is 22.9 Å². The Morgan fingerprint density at radius 2 is 2.37 bits per heavy atom. The van der Waals surface area contributed by atoms with E-state index < -0.39 is 0 Å². The van der Waals surface area contributed by atoms with Gasteiger partial charge in [-0.25, -0.2) is 9.50 Å². The first-order valence-corrected chi connectivity index (χ1v) is 7.33. The summed E-state index contributed by atoms with van der Waals surface area (Å²) in [6.07, 6.45) is 4.23. The lowest BCUT2D eigenvalue weighted by atomic mass is 10.00. The molecule has 0 N–H and O–H groups in total. The van der Waals surface area contributed by atoms with Crippen molar-refractivity contribution in [1.29, 1.82) is 0 Å². The third-order valence-corrected chi connectivity index (χ3v) is 4.03.